The molecule has 0 fully saturated rings. The molecule has 0 aliphatic carbocycles. The fraction of sp³-hybridized carbons (Fsp3) is 0.213. The van der Waals surface area contributed by atoms with Crippen LogP contribution in [0.1, 0.15) is 90.5 Å². The van der Waals surface area contributed by atoms with Gasteiger partial charge in [-0.2, -0.15) is 4.57 Å². The first-order valence-electron chi connectivity index (χ1n) is 23.6. The molecule has 65 heavy (non-hydrogen) atoms. The summed E-state index contributed by atoms with van der Waals surface area (Å²) in [6.45, 7) is 19.9. The van der Waals surface area contributed by atoms with Gasteiger partial charge in [0.25, 0.3) is 0 Å². The molecule has 3 aliphatic heterocycles. The largest absolute Gasteiger partial charge is 0.499 e. The fourth-order valence-electron chi connectivity index (χ4n) is 10.8. The number of aryl methyl sites for hydroxylation is 1. The van der Waals surface area contributed by atoms with Crippen molar-refractivity contribution in [3.63, 3.8) is 0 Å². The van der Waals surface area contributed by atoms with Crippen LogP contribution in [0.4, 0.5) is 0 Å². The Labute approximate surface area is 384 Å². The quantitative estimate of drug-likeness (QED) is 0.158. The Balaban J connectivity index is 1.18. The van der Waals surface area contributed by atoms with Gasteiger partial charge in [-0.25, -0.2) is 0 Å². The second-order valence-electron chi connectivity index (χ2n) is 20.7. The highest BCUT2D eigenvalue weighted by Crippen LogP contribution is 2.54. The molecule has 0 amide bonds. The zero-order chi connectivity index (χ0) is 45.7. The summed E-state index contributed by atoms with van der Waals surface area (Å²) in [5.41, 5.74) is 22.0. The van der Waals surface area contributed by atoms with Crippen molar-refractivity contribution in [2.24, 2.45) is 0 Å². The Hall–Kier alpha value is -7.04. The molecular weight excluding hydrogens is 791 g/mol. The van der Waals surface area contributed by atoms with E-state index in [0.717, 1.165) is 72.9 Å². The van der Waals surface area contributed by atoms with Gasteiger partial charge in [0.05, 0.1) is 5.56 Å². The molecule has 1 unspecified atom stereocenters. The normalized spacial score (nSPS) is 15.9. The van der Waals surface area contributed by atoms with E-state index in [1.807, 2.05) is 13.8 Å². The Morgan fingerprint density at radius 3 is 1.95 bits per heavy atom. The zero-order valence-electron chi connectivity index (χ0n) is 39.8. The molecule has 1 spiro atoms. The number of imidazole rings is 1. The Morgan fingerprint density at radius 2 is 1.23 bits per heavy atom. The summed E-state index contributed by atoms with van der Waals surface area (Å²) in [6.07, 6.45) is 2.24. The van der Waals surface area contributed by atoms with Gasteiger partial charge in [0, 0.05) is 30.2 Å². The lowest BCUT2D eigenvalue weighted by Crippen LogP contribution is -2.78. The molecule has 5 heterocycles. The standard InChI is InChI=1S/C61H55N3O/c1-37(2)39-22-24-40(25-23-39)43-30-31-62-53(33-43)51-35-45(60(7,8)9)34-50-46-19-15-20-52-57(46)64-58(47-18-13-14-21-55(47)65-61(62,64)56(50)51)63(52)54-32-38(3)48(36-49(54)41-16-11-10-12-17-41)42-26-28-44(29-27-42)59(4,5)6/h10-37H,1-9H3/q+2/i37D. The maximum absolute atomic E-state index is 8.66. The number of ether oxygens (including phenoxy) is 1. The topological polar surface area (TPSA) is 21.9 Å². The number of pyridine rings is 1. The summed E-state index contributed by atoms with van der Waals surface area (Å²) in [5, 5.41) is 0. The molecule has 7 aromatic carbocycles. The average Bonchev–Trinajstić information content (AvgIpc) is 3.79. The molecular formula is C61H55N3O+2. The van der Waals surface area contributed by atoms with E-state index in [0.29, 0.717) is 0 Å². The number of rotatable bonds is 5. The van der Waals surface area contributed by atoms with Crippen molar-refractivity contribution >= 4 is 11.0 Å². The number of fused-ring (bicyclic) bond motifs is 5. The first-order valence-corrected chi connectivity index (χ1v) is 23.1. The van der Waals surface area contributed by atoms with E-state index < -0.39 is 11.7 Å². The molecule has 318 valence electrons. The lowest BCUT2D eigenvalue weighted by Gasteiger charge is -2.33. The highest BCUT2D eigenvalue weighted by Gasteiger charge is 2.68. The SMILES string of the molecule is [2H]C(C)(C)c1ccc(-c2cc[n+]3c(c2)-c2cc(C(C)(C)C)cc4c2C32Oc3ccccc3-c3n(-c5cc(C)c(-c6ccc(C(C)(C)C)cc6)cc5-c5ccccc5)c5cccc-4c5[n+]32)cc1. The van der Waals surface area contributed by atoms with Crippen LogP contribution in [0.3, 0.4) is 0 Å². The molecule has 0 saturated carbocycles. The third-order valence-corrected chi connectivity index (χ3v) is 14.3. The van der Waals surface area contributed by atoms with Crippen LogP contribution in [0.25, 0.3) is 83.9 Å². The maximum atomic E-state index is 8.66. The Kier molecular flexibility index (Phi) is 8.12. The zero-order valence-corrected chi connectivity index (χ0v) is 38.8. The second kappa shape index (κ2) is 13.7. The molecule has 0 radical (unpaired) electrons. The molecule has 0 saturated heterocycles. The molecule has 9 aromatic rings. The number of aromatic nitrogens is 3. The van der Waals surface area contributed by atoms with Crippen LogP contribution in [-0.2, 0) is 16.7 Å². The van der Waals surface area contributed by atoms with Crippen LogP contribution in [-0.4, -0.2) is 4.57 Å². The number of benzene rings is 7. The smallest absolute Gasteiger partial charge is 0.392 e. The highest BCUT2D eigenvalue weighted by molar-refractivity contribution is 5.99. The van der Waals surface area contributed by atoms with Crippen LogP contribution < -0.4 is 13.9 Å². The summed E-state index contributed by atoms with van der Waals surface area (Å²) in [7, 11) is 0. The van der Waals surface area contributed by atoms with E-state index >= 15 is 0 Å². The van der Waals surface area contributed by atoms with Gasteiger partial charge in [0.15, 0.2) is 17.2 Å². The van der Waals surface area contributed by atoms with E-state index in [4.69, 9.17) is 6.11 Å². The fourth-order valence-corrected chi connectivity index (χ4v) is 10.8. The van der Waals surface area contributed by atoms with Crippen molar-refractivity contribution in [1.29, 1.82) is 0 Å². The molecule has 3 aliphatic rings. The molecule has 4 nitrogen and oxygen atoms in total. The minimum Gasteiger partial charge on any atom is -0.392 e. The van der Waals surface area contributed by atoms with Crippen LogP contribution in [0, 0.1) is 6.92 Å². The average molecular weight is 847 g/mol. The van der Waals surface area contributed by atoms with Crippen molar-refractivity contribution in [1.82, 2.24) is 4.57 Å². The lowest BCUT2D eigenvalue weighted by atomic mass is 9.80. The highest BCUT2D eigenvalue weighted by atomic mass is 16.5. The van der Waals surface area contributed by atoms with E-state index in [2.05, 4.69) is 226 Å². The Bertz CT molecular complexity index is 3490. The van der Waals surface area contributed by atoms with Crippen LogP contribution in [0.5, 0.6) is 5.75 Å². The first kappa shape index (κ1) is 38.4. The predicted octanol–water partition coefficient (Wildman–Crippen LogP) is 14.5. The molecule has 1 atom stereocenters. The van der Waals surface area contributed by atoms with Crippen molar-refractivity contribution in [3.05, 3.63) is 192 Å². The molecule has 2 aromatic heterocycles. The van der Waals surface area contributed by atoms with Gasteiger partial charge in [0.2, 0.25) is 5.69 Å². The summed E-state index contributed by atoms with van der Waals surface area (Å²) in [5.74, 6) is 0.182. The van der Waals surface area contributed by atoms with Crippen molar-refractivity contribution in [3.8, 4) is 78.6 Å². The van der Waals surface area contributed by atoms with Gasteiger partial charge in [-0.3, -0.25) is 0 Å². The minimum absolute atomic E-state index is 0.0700. The van der Waals surface area contributed by atoms with Crippen LogP contribution in [0.2, 0.25) is 0 Å². The van der Waals surface area contributed by atoms with Crippen LogP contribution >= 0.6 is 0 Å². The summed E-state index contributed by atoms with van der Waals surface area (Å²) >= 11 is 0. The van der Waals surface area contributed by atoms with E-state index in [-0.39, 0.29) is 10.8 Å². The van der Waals surface area contributed by atoms with Crippen LogP contribution in [0.15, 0.2) is 164 Å². The van der Waals surface area contributed by atoms with Crippen molar-refractivity contribution in [2.45, 2.75) is 84.9 Å². The Morgan fingerprint density at radius 1 is 0.569 bits per heavy atom. The van der Waals surface area contributed by atoms with E-state index in [1.54, 1.807) is 0 Å². The minimum atomic E-state index is -1.06. The molecule has 4 heteroatoms. The van der Waals surface area contributed by atoms with Gasteiger partial charge in [0.1, 0.15) is 22.6 Å². The van der Waals surface area contributed by atoms with Gasteiger partial charge < -0.3 is 4.74 Å². The third kappa shape index (κ3) is 5.69. The lowest BCUT2D eigenvalue weighted by molar-refractivity contribution is -0.997. The predicted molar refractivity (Wildman–Crippen MR) is 266 cm³/mol. The monoisotopic (exact) mass is 846 g/mol. The first-order chi connectivity index (χ1) is 31.5. The van der Waals surface area contributed by atoms with E-state index in [9.17, 15) is 0 Å². The summed E-state index contributed by atoms with van der Waals surface area (Å²) in [6, 6.07) is 58.3. The molecule has 0 bridgehead atoms. The summed E-state index contributed by atoms with van der Waals surface area (Å²) < 4.78 is 23.8. The third-order valence-electron chi connectivity index (χ3n) is 14.3. The van der Waals surface area contributed by atoms with Gasteiger partial charge in [-0.05, 0) is 122 Å². The molecule has 12 rings (SSSR count). The number of para-hydroxylation sites is 2. The number of hydrogen-bond acceptors (Lipinski definition) is 1. The van der Waals surface area contributed by atoms with Gasteiger partial charge in [-0.15, -0.1) is 9.13 Å². The summed E-state index contributed by atoms with van der Waals surface area (Å²) in [4.78, 5) is 0. The van der Waals surface area contributed by atoms with Crippen molar-refractivity contribution in [2.75, 3.05) is 0 Å². The second-order valence-corrected chi connectivity index (χ2v) is 20.7. The van der Waals surface area contributed by atoms with Gasteiger partial charge in [-0.1, -0.05) is 152 Å². The van der Waals surface area contributed by atoms with Gasteiger partial charge >= 0.3 is 11.7 Å². The number of hydrogen-bond donors (Lipinski definition) is 0. The molecule has 0 N–H and O–H groups in total. The maximum Gasteiger partial charge on any atom is 0.499 e. The van der Waals surface area contributed by atoms with E-state index in [1.165, 1.54) is 44.5 Å². The van der Waals surface area contributed by atoms with Crippen molar-refractivity contribution < 1.29 is 15.2 Å². The number of nitrogens with zero attached hydrogens (tertiary/aromatic N) is 3.